The van der Waals surface area contributed by atoms with Crippen molar-refractivity contribution in [3.05, 3.63) is 29.8 Å². The largest absolute Gasteiger partial charge is 0.483 e. The van der Waals surface area contributed by atoms with Crippen LogP contribution < -0.4 is 15.8 Å². The lowest BCUT2D eigenvalue weighted by Gasteiger charge is -2.56. The number of benzene rings is 1. The van der Waals surface area contributed by atoms with Crippen molar-refractivity contribution in [3.8, 4) is 5.75 Å². The van der Waals surface area contributed by atoms with Gasteiger partial charge in [0.15, 0.2) is 6.61 Å². The molecule has 0 atom stereocenters. The van der Waals surface area contributed by atoms with Crippen molar-refractivity contribution in [2.75, 3.05) is 13.2 Å². The predicted octanol–water partition coefficient (Wildman–Crippen LogP) is 2.50. The van der Waals surface area contributed by atoms with Gasteiger partial charge in [-0.05, 0) is 73.8 Å². The smallest absolute Gasteiger partial charge is 0.255 e. The highest BCUT2D eigenvalue weighted by atomic mass is 16.5. The average Bonchev–Trinajstić information content (AvgIpc) is 2.57. The van der Waals surface area contributed by atoms with Crippen LogP contribution in [0, 0.1) is 23.2 Å². The van der Waals surface area contributed by atoms with E-state index in [2.05, 4.69) is 5.32 Å². The molecule has 25 heavy (non-hydrogen) atoms. The molecule has 0 spiro atoms. The number of rotatable bonds is 6. The maximum Gasteiger partial charge on any atom is 0.255 e. The van der Waals surface area contributed by atoms with Crippen molar-refractivity contribution >= 4 is 11.8 Å². The van der Waals surface area contributed by atoms with Gasteiger partial charge in [0.05, 0.1) is 5.56 Å². The molecule has 0 heterocycles. The molecule has 0 aromatic heterocycles. The van der Waals surface area contributed by atoms with Crippen LogP contribution in [0.2, 0.25) is 0 Å². The number of carbonyl (C=O) groups excluding carboxylic acids is 2. The Balaban J connectivity index is 1.42. The van der Waals surface area contributed by atoms with E-state index in [1.165, 1.54) is 38.5 Å². The molecule has 4 aliphatic rings. The van der Waals surface area contributed by atoms with Crippen molar-refractivity contribution in [3.63, 3.8) is 0 Å². The van der Waals surface area contributed by atoms with E-state index in [-0.39, 0.29) is 12.5 Å². The number of carbonyl (C=O) groups is 2. The lowest BCUT2D eigenvalue weighted by molar-refractivity contribution is -0.119. The first-order valence-electron chi connectivity index (χ1n) is 9.31. The lowest BCUT2D eigenvalue weighted by atomic mass is 9.49. The zero-order chi connectivity index (χ0) is 17.4. The van der Waals surface area contributed by atoms with E-state index >= 15 is 0 Å². The molecule has 134 valence electrons. The highest BCUT2D eigenvalue weighted by Crippen LogP contribution is 2.59. The second-order valence-electron chi connectivity index (χ2n) is 8.35. The van der Waals surface area contributed by atoms with Gasteiger partial charge in [0.2, 0.25) is 0 Å². The summed E-state index contributed by atoms with van der Waals surface area (Å²) in [5, 5.41) is 3.15. The zero-order valence-electron chi connectivity index (χ0n) is 14.5. The summed E-state index contributed by atoms with van der Waals surface area (Å²) in [5.74, 6) is 2.34. The van der Waals surface area contributed by atoms with E-state index in [1.807, 2.05) is 0 Å². The van der Waals surface area contributed by atoms with Crippen LogP contribution in [0.1, 0.15) is 48.9 Å². The van der Waals surface area contributed by atoms with Crippen LogP contribution in [0.5, 0.6) is 5.75 Å². The normalized spacial score (nSPS) is 32.4. The minimum absolute atomic E-state index is 0.129. The fourth-order valence-corrected chi connectivity index (χ4v) is 5.80. The van der Waals surface area contributed by atoms with Gasteiger partial charge in [0.1, 0.15) is 5.75 Å². The first-order chi connectivity index (χ1) is 12.0. The zero-order valence-corrected chi connectivity index (χ0v) is 14.5. The van der Waals surface area contributed by atoms with E-state index in [0.29, 0.717) is 16.7 Å². The average molecular weight is 342 g/mol. The Bertz CT molecular complexity index is 650. The number of para-hydroxylation sites is 1. The number of amides is 2. The molecule has 5 nitrogen and oxygen atoms in total. The molecule has 1 aromatic carbocycles. The molecule has 2 amide bonds. The van der Waals surface area contributed by atoms with E-state index in [9.17, 15) is 9.59 Å². The number of primary amides is 1. The Morgan fingerprint density at radius 1 is 1.08 bits per heavy atom. The summed E-state index contributed by atoms with van der Waals surface area (Å²) in [5.41, 5.74) is 5.90. The Morgan fingerprint density at radius 3 is 2.28 bits per heavy atom. The van der Waals surface area contributed by atoms with Gasteiger partial charge in [-0.1, -0.05) is 12.1 Å². The molecular formula is C20H26N2O3. The predicted molar refractivity (Wildman–Crippen MR) is 94.1 cm³/mol. The Labute approximate surface area is 148 Å². The molecule has 4 aliphatic carbocycles. The SMILES string of the molecule is NC(=O)COc1ccccc1C(=O)NCC12CC3CC(CC(C3)C1)C2. The number of hydrogen-bond donors (Lipinski definition) is 2. The van der Waals surface area contributed by atoms with E-state index in [0.717, 1.165) is 24.3 Å². The van der Waals surface area contributed by atoms with Crippen LogP contribution in [0.4, 0.5) is 0 Å². The maximum absolute atomic E-state index is 12.7. The second kappa shape index (κ2) is 6.36. The van der Waals surface area contributed by atoms with Gasteiger partial charge in [-0.3, -0.25) is 9.59 Å². The lowest BCUT2D eigenvalue weighted by Crippen LogP contribution is -2.51. The van der Waals surface area contributed by atoms with E-state index in [1.54, 1.807) is 24.3 Å². The molecule has 3 N–H and O–H groups in total. The molecule has 4 saturated carbocycles. The van der Waals surface area contributed by atoms with Crippen LogP contribution in [-0.2, 0) is 4.79 Å². The Hall–Kier alpha value is -2.04. The summed E-state index contributed by atoms with van der Waals surface area (Å²) >= 11 is 0. The molecule has 4 bridgehead atoms. The molecule has 0 unspecified atom stereocenters. The minimum Gasteiger partial charge on any atom is -0.483 e. The third-order valence-corrected chi connectivity index (χ3v) is 6.29. The van der Waals surface area contributed by atoms with Gasteiger partial charge < -0.3 is 15.8 Å². The second-order valence-corrected chi connectivity index (χ2v) is 8.35. The van der Waals surface area contributed by atoms with Crippen LogP contribution in [0.15, 0.2) is 24.3 Å². The first-order valence-corrected chi connectivity index (χ1v) is 9.31. The molecule has 5 heteroatoms. The number of nitrogens with one attached hydrogen (secondary N) is 1. The van der Waals surface area contributed by atoms with Crippen LogP contribution in [0.3, 0.4) is 0 Å². The Kier molecular flexibility index (Phi) is 4.18. The molecule has 0 saturated heterocycles. The summed E-state index contributed by atoms with van der Waals surface area (Å²) in [6, 6.07) is 7.01. The van der Waals surface area contributed by atoms with Crippen molar-refractivity contribution in [1.82, 2.24) is 5.32 Å². The number of hydrogen-bond acceptors (Lipinski definition) is 3. The van der Waals surface area contributed by atoms with Crippen LogP contribution >= 0.6 is 0 Å². The van der Waals surface area contributed by atoms with Gasteiger partial charge in [-0.15, -0.1) is 0 Å². The number of ether oxygens (including phenoxy) is 1. The summed E-state index contributed by atoms with van der Waals surface area (Å²) < 4.78 is 5.38. The summed E-state index contributed by atoms with van der Waals surface area (Å²) in [6.45, 7) is 0.527. The first kappa shape index (κ1) is 16.4. The monoisotopic (exact) mass is 342 g/mol. The number of nitrogens with two attached hydrogens (primary N) is 1. The van der Waals surface area contributed by atoms with E-state index in [4.69, 9.17) is 10.5 Å². The molecule has 5 rings (SSSR count). The topological polar surface area (TPSA) is 81.4 Å². The highest BCUT2D eigenvalue weighted by Gasteiger charge is 2.50. The van der Waals surface area contributed by atoms with Gasteiger partial charge in [-0.25, -0.2) is 0 Å². The third-order valence-electron chi connectivity index (χ3n) is 6.29. The fourth-order valence-electron chi connectivity index (χ4n) is 5.80. The summed E-state index contributed by atoms with van der Waals surface area (Å²) in [4.78, 5) is 23.6. The van der Waals surface area contributed by atoms with Gasteiger partial charge >= 0.3 is 0 Å². The Morgan fingerprint density at radius 2 is 1.68 bits per heavy atom. The standard InChI is InChI=1S/C20H26N2O3/c21-18(23)11-25-17-4-2-1-3-16(17)19(24)22-12-20-8-13-5-14(9-20)7-15(6-13)10-20/h1-4,13-15H,5-12H2,(H2,21,23)(H,22,24). The van der Waals surface area contributed by atoms with Gasteiger partial charge in [-0.2, -0.15) is 0 Å². The van der Waals surface area contributed by atoms with Crippen LogP contribution in [-0.4, -0.2) is 25.0 Å². The summed E-state index contributed by atoms with van der Waals surface area (Å²) in [6.07, 6.45) is 7.99. The van der Waals surface area contributed by atoms with Crippen molar-refractivity contribution < 1.29 is 14.3 Å². The molecular weight excluding hydrogens is 316 g/mol. The van der Waals surface area contributed by atoms with Crippen molar-refractivity contribution in [1.29, 1.82) is 0 Å². The quantitative estimate of drug-likeness (QED) is 0.833. The highest BCUT2D eigenvalue weighted by molar-refractivity contribution is 5.97. The molecule has 1 aromatic rings. The van der Waals surface area contributed by atoms with E-state index < -0.39 is 5.91 Å². The maximum atomic E-state index is 12.7. The molecule has 0 aliphatic heterocycles. The minimum atomic E-state index is -0.552. The van der Waals surface area contributed by atoms with Crippen molar-refractivity contribution in [2.24, 2.45) is 28.9 Å². The van der Waals surface area contributed by atoms with Crippen molar-refractivity contribution in [2.45, 2.75) is 38.5 Å². The third kappa shape index (κ3) is 3.37. The summed E-state index contributed by atoms with van der Waals surface area (Å²) in [7, 11) is 0. The van der Waals surface area contributed by atoms with Gasteiger partial charge in [0.25, 0.3) is 11.8 Å². The van der Waals surface area contributed by atoms with Gasteiger partial charge in [0, 0.05) is 6.54 Å². The molecule has 4 fully saturated rings. The fraction of sp³-hybridized carbons (Fsp3) is 0.600. The van der Waals surface area contributed by atoms with Crippen LogP contribution in [0.25, 0.3) is 0 Å². The molecule has 0 radical (unpaired) electrons.